The monoisotopic (exact) mass is 312 g/mol. The Morgan fingerprint density at radius 2 is 2.05 bits per heavy atom. The zero-order valence-corrected chi connectivity index (χ0v) is 11.3. The Bertz CT molecular complexity index is 702. The van der Waals surface area contributed by atoms with E-state index < -0.39 is 23.8 Å². The maximum atomic E-state index is 12.3. The second-order valence-electron chi connectivity index (χ2n) is 4.21. The van der Waals surface area contributed by atoms with Gasteiger partial charge in [0.1, 0.15) is 0 Å². The summed E-state index contributed by atoms with van der Waals surface area (Å²) in [5, 5.41) is 11.9. The van der Waals surface area contributed by atoms with Crippen LogP contribution in [-0.4, -0.2) is 29.4 Å². The number of nitrogens with one attached hydrogen (secondary N) is 1. The number of aromatic hydroxyl groups is 1. The normalized spacial score (nSPS) is 11.1. The number of carbonyl (C=O) groups is 1. The summed E-state index contributed by atoms with van der Waals surface area (Å²) in [6, 6.07) is 6.36. The second kappa shape index (κ2) is 5.92. The summed E-state index contributed by atoms with van der Waals surface area (Å²) >= 11 is 0. The quantitative estimate of drug-likeness (QED) is 0.914. The van der Waals surface area contributed by atoms with Gasteiger partial charge in [-0.25, -0.2) is 0 Å². The third-order valence-electron chi connectivity index (χ3n) is 2.74. The number of hydrogen-bond donors (Lipinski definition) is 2. The summed E-state index contributed by atoms with van der Waals surface area (Å²) in [7, 11) is 1.42. The van der Waals surface area contributed by atoms with Crippen molar-refractivity contribution in [1.29, 1.82) is 0 Å². The molecule has 0 aliphatic rings. The molecule has 0 radical (unpaired) electrons. The number of benzene rings is 1. The molecular weight excluding hydrogens is 301 g/mol. The summed E-state index contributed by atoms with van der Waals surface area (Å²) in [4.78, 5) is 15.8. The first-order valence-electron chi connectivity index (χ1n) is 6.08. The van der Waals surface area contributed by atoms with Gasteiger partial charge in [-0.1, -0.05) is 0 Å². The average molecular weight is 312 g/mol. The van der Waals surface area contributed by atoms with Gasteiger partial charge in [-0.2, -0.15) is 0 Å². The number of nitrogens with zero attached hydrogens (tertiary/aromatic N) is 1. The Balaban J connectivity index is 2.51. The molecule has 0 aliphatic carbocycles. The summed E-state index contributed by atoms with van der Waals surface area (Å²) < 4.78 is 40.7. The summed E-state index contributed by atoms with van der Waals surface area (Å²) in [6.45, 7) is 0. The summed E-state index contributed by atoms with van der Waals surface area (Å²) in [6.07, 6.45) is -3.54. The van der Waals surface area contributed by atoms with Crippen molar-refractivity contribution in [2.45, 2.75) is 6.36 Å². The van der Waals surface area contributed by atoms with Crippen LogP contribution < -0.4 is 10.1 Å². The molecule has 22 heavy (non-hydrogen) atoms. The molecule has 0 atom stereocenters. The Morgan fingerprint density at radius 3 is 2.68 bits per heavy atom. The maximum absolute atomic E-state index is 12.3. The molecular formula is C14H11F3N2O3. The number of pyridine rings is 1. The van der Waals surface area contributed by atoms with E-state index in [4.69, 9.17) is 0 Å². The second-order valence-corrected chi connectivity index (χ2v) is 4.21. The first-order valence-corrected chi connectivity index (χ1v) is 6.08. The highest BCUT2D eigenvalue weighted by molar-refractivity contribution is 5.99. The lowest BCUT2D eigenvalue weighted by molar-refractivity contribution is -0.275. The lowest BCUT2D eigenvalue weighted by atomic mass is 10.0. The number of carbonyl (C=O) groups excluding carboxylic acids is 1. The van der Waals surface area contributed by atoms with Gasteiger partial charge in [-0.3, -0.25) is 9.78 Å². The molecule has 0 spiro atoms. The number of amides is 1. The smallest absolute Gasteiger partial charge is 0.504 e. The van der Waals surface area contributed by atoms with Gasteiger partial charge in [-0.15, -0.1) is 13.2 Å². The van der Waals surface area contributed by atoms with Gasteiger partial charge < -0.3 is 15.2 Å². The molecule has 1 amide bonds. The topological polar surface area (TPSA) is 71.5 Å². The third-order valence-corrected chi connectivity index (χ3v) is 2.74. The van der Waals surface area contributed by atoms with Gasteiger partial charge in [0.25, 0.3) is 5.91 Å². The molecule has 0 fully saturated rings. The van der Waals surface area contributed by atoms with E-state index in [2.05, 4.69) is 15.0 Å². The van der Waals surface area contributed by atoms with Crippen molar-refractivity contribution < 1.29 is 27.8 Å². The van der Waals surface area contributed by atoms with Crippen molar-refractivity contribution in [3.05, 3.63) is 42.1 Å². The third kappa shape index (κ3) is 3.46. The predicted molar refractivity (Wildman–Crippen MR) is 71.4 cm³/mol. The molecule has 2 aromatic rings. The van der Waals surface area contributed by atoms with Crippen LogP contribution in [-0.2, 0) is 0 Å². The molecule has 0 aliphatic heterocycles. The number of rotatable bonds is 3. The van der Waals surface area contributed by atoms with Crippen LogP contribution in [0.3, 0.4) is 0 Å². The molecule has 2 N–H and O–H groups in total. The Kier molecular flexibility index (Phi) is 4.20. The molecule has 1 heterocycles. The Morgan fingerprint density at radius 1 is 1.32 bits per heavy atom. The molecule has 1 aromatic carbocycles. The molecule has 116 valence electrons. The van der Waals surface area contributed by atoms with Gasteiger partial charge in [-0.05, 0) is 30.3 Å². The molecule has 0 unspecified atom stereocenters. The molecule has 2 rings (SSSR count). The highest BCUT2D eigenvalue weighted by Gasteiger charge is 2.32. The van der Waals surface area contributed by atoms with Gasteiger partial charge in [0.05, 0.1) is 11.3 Å². The van der Waals surface area contributed by atoms with Gasteiger partial charge in [0, 0.05) is 18.8 Å². The first-order chi connectivity index (χ1) is 10.3. The van der Waals surface area contributed by atoms with Crippen LogP contribution in [0.25, 0.3) is 11.3 Å². The highest BCUT2D eigenvalue weighted by Crippen LogP contribution is 2.35. The maximum Gasteiger partial charge on any atom is 0.573 e. The minimum atomic E-state index is -4.94. The lowest BCUT2D eigenvalue weighted by Crippen LogP contribution is -2.19. The Hall–Kier alpha value is -2.77. The zero-order valence-electron chi connectivity index (χ0n) is 11.3. The van der Waals surface area contributed by atoms with E-state index in [0.29, 0.717) is 0 Å². The number of alkyl halides is 3. The number of hydrogen-bond acceptors (Lipinski definition) is 4. The van der Waals surface area contributed by atoms with E-state index in [9.17, 15) is 23.1 Å². The Labute approximate surface area is 123 Å². The van der Waals surface area contributed by atoms with Crippen LogP contribution in [0.2, 0.25) is 0 Å². The van der Waals surface area contributed by atoms with E-state index in [-0.39, 0.29) is 16.8 Å². The predicted octanol–water partition coefficient (Wildman–Crippen LogP) is 2.71. The van der Waals surface area contributed by atoms with E-state index in [0.717, 1.165) is 12.1 Å². The largest absolute Gasteiger partial charge is 0.573 e. The summed E-state index contributed by atoms with van der Waals surface area (Å²) in [5.74, 6) is -1.87. The molecule has 5 nitrogen and oxygen atoms in total. The first kappa shape index (κ1) is 15.6. The highest BCUT2D eigenvalue weighted by atomic mass is 19.4. The van der Waals surface area contributed by atoms with Gasteiger partial charge >= 0.3 is 6.36 Å². The van der Waals surface area contributed by atoms with E-state index in [1.54, 1.807) is 0 Å². The van der Waals surface area contributed by atoms with Crippen molar-refractivity contribution >= 4 is 5.91 Å². The lowest BCUT2D eigenvalue weighted by Gasteiger charge is -2.12. The van der Waals surface area contributed by atoms with Crippen LogP contribution >= 0.6 is 0 Å². The van der Waals surface area contributed by atoms with E-state index >= 15 is 0 Å². The minimum absolute atomic E-state index is 0.175. The van der Waals surface area contributed by atoms with Crippen LogP contribution in [0.4, 0.5) is 13.2 Å². The summed E-state index contributed by atoms with van der Waals surface area (Å²) in [5.41, 5.74) is 0.568. The molecule has 0 saturated heterocycles. The molecule has 0 saturated carbocycles. The zero-order chi connectivity index (χ0) is 16.3. The fourth-order valence-corrected chi connectivity index (χ4v) is 1.82. The standard InChI is InChI=1S/C14H11F3N2O3/c1-18-13(21)9-3-2-6-19-12(9)8-4-5-10(20)11(7-8)22-14(15,16)17/h2-7,20H,1H3,(H,18,21). The molecule has 0 bridgehead atoms. The minimum Gasteiger partial charge on any atom is -0.504 e. The van der Waals surface area contributed by atoms with Crippen molar-refractivity contribution in [3.63, 3.8) is 0 Å². The van der Waals surface area contributed by atoms with Gasteiger partial charge in [0.15, 0.2) is 11.5 Å². The van der Waals surface area contributed by atoms with E-state index in [1.165, 1.54) is 31.4 Å². The van der Waals surface area contributed by atoms with Crippen LogP contribution in [0.15, 0.2) is 36.5 Å². The average Bonchev–Trinajstić information content (AvgIpc) is 2.47. The fourth-order valence-electron chi connectivity index (χ4n) is 1.82. The SMILES string of the molecule is CNC(=O)c1cccnc1-c1ccc(O)c(OC(F)(F)F)c1. The van der Waals surface area contributed by atoms with Gasteiger partial charge in [0.2, 0.25) is 0 Å². The van der Waals surface area contributed by atoms with E-state index in [1.807, 2.05) is 0 Å². The van der Waals surface area contributed by atoms with Crippen molar-refractivity contribution in [2.24, 2.45) is 0 Å². The van der Waals surface area contributed by atoms with Crippen molar-refractivity contribution in [1.82, 2.24) is 10.3 Å². The van der Waals surface area contributed by atoms with Crippen LogP contribution in [0, 0.1) is 0 Å². The van der Waals surface area contributed by atoms with Crippen LogP contribution in [0.5, 0.6) is 11.5 Å². The number of aromatic nitrogens is 1. The molecule has 1 aromatic heterocycles. The van der Waals surface area contributed by atoms with Crippen LogP contribution in [0.1, 0.15) is 10.4 Å². The fraction of sp³-hybridized carbons (Fsp3) is 0.143. The number of ether oxygens (including phenoxy) is 1. The number of phenolic OH excluding ortho intramolecular Hbond substituents is 1. The molecule has 8 heteroatoms. The number of halogens is 3. The van der Waals surface area contributed by atoms with Crippen molar-refractivity contribution in [3.8, 4) is 22.8 Å². The number of phenols is 1. The van der Waals surface area contributed by atoms with Crippen molar-refractivity contribution in [2.75, 3.05) is 7.05 Å².